The lowest BCUT2D eigenvalue weighted by molar-refractivity contribution is -0.131. The molecule has 1 aliphatic rings. The quantitative estimate of drug-likeness (QED) is 0.645. The summed E-state index contributed by atoms with van der Waals surface area (Å²) in [4.78, 5) is 26.2. The number of carbonyl (C=O) groups excluding carboxylic acids is 2. The summed E-state index contributed by atoms with van der Waals surface area (Å²) in [7, 11) is -3.18. The maximum atomic E-state index is 12.4. The minimum Gasteiger partial charge on any atom is -0.349 e. The van der Waals surface area contributed by atoms with E-state index in [1.54, 1.807) is 9.58 Å². The summed E-state index contributed by atoms with van der Waals surface area (Å²) in [6.07, 6.45) is 3.43. The van der Waals surface area contributed by atoms with Crippen molar-refractivity contribution >= 4 is 21.7 Å². The Hall–Kier alpha value is -2.69. The second kappa shape index (κ2) is 8.13. The average Bonchev–Trinajstić information content (AvgIpc) is 3.24. The first-order valence-corrected chi connectivity index (χ1v) is 11.1. The summed E-state index contributed by atoms with van der Waals surface area (Å²) in [5.41, 5.74) is 2.78. The summed E-state index contributed by atoms with van der Waals surface area (Å²) in [6, 6.07) is 1.90. The molecule has 3 heterocycles. The Morgan fingerprint density at radius 2 is 2.14 bits per heavy atom. The summed E-state index contributed by atoms with van der Waals surface area (Å²) < 4.78 is 24.2. The van der Waals surface area contributed by atoms with Crippen molar-refractivity contribution in [2.24, 2.45) is 0 Å². The maximum absolute atomic E-state index is 12.4. The van der Waals surface area contributed by atoms with E-state index in [1.165, 1.54) is 0 Å². The SMILES string of the molecule is Cc1ccn(CCNC(=O)c2n[nH]c3c2CCN(C(=O)CCS(C)(=O)=O)C3)n1. The number of nitrogens with zero attached hydrogens (tertiary/aromatic N) is 4. The normalized spacial score (nSPS) is 14.0. The fourth-order valence-corrected chi connectivity index (χ4v) is 3.65. The van der Waals surface area contributed by atoms with Gasteiger partial charge in [-0.1, -0.05) is 0 Å². The number of rotatable bonds is 7. The monoisotopic (exact) mass is 408 g/mol. The molecule has 0 aromatic carbocycles. The van der Waals surface area contributed by atoms with E-state index in [0.717, 1.165) is 17.5 Å². The molecule has 28 heavy (non-hydrogen) atoms. The molecule has 0 spiro atoms. The molecular formula is C17H24N6O4S. The second-order valence-electron chi connectivity index (χ2n) is 6.95. The van der Waals surface area contributed by atoms with Gasteiger partial charge in [-0.15, -0.1) is 0 Å². The van der Waals surface area contributed by atoms with Crippen LogP contribution in [0, 0.1) is 6.92 Å². The molecule has 0 unspecified atom stereocenters. The van der Waals surface area contributed by atoms with Crippen molar-refractivity contribution in [3.05, 3.63) is 34.9 Å². The van der Waals surface area contributed by atoms with E-state index < -0.39 is 9.84 Å². The Labute approximate surface area is 163 Å². The van der Waals surface area contributed by atoms with E-state index >= 15 is 0 Å². The highest BCUT2D eigenvalue weighted by Crippen LogP contribution is 2.20. The Bertz CT molecular complexity index is 978. The van der Waals surface area contributed by atoms with E-state index in [0.29, 0.717) is 44.0 Å². The van der Waals surface area contributed by atoms with Gasteiger partial charge >= 0.3 is 0 Å². The third-order valence-electron chi connectivity index (χ3n) is 4.59. The number of nitrogens with one attached hydrogen (secondary N) is 2. The van der Waals surface area contributed by atoms with Crippen molar-refractivity contribution in [2.45, 2.75) is 32.9 Å². The molecule has 0 aliphatic carbocycles. The van der Waals surface area contributed by atoms with Gasteiger partial charge in [-0.2, -0.15) is 10.2 Å². The van der Waals surface area contributed by atoms with Crippen LogP contribution in [-0.4, -0.2) is 70.2 Å². The van der Waals surface area contributed by atoms with Gasteiger partial charge in [0.25, 0.3) is 5.91 Å². The Kier molecular flexibility index (Phi) is 5.82. The van der Waals surface area contributed by atoms with Gasteiger partial charge in [-0.3, -0.25) is 19.4 Å². The van der Waals surface area contributed by atoms with E-state index in [1.807, 2.05) is 19.2 Å². The Morgan fingerprint density at radius 1 is 1.36 bits per heavy atom. The first-order valence-electron chi connectivity index (χ1n) is 9.03. The lowest BCUT2D eigenvalue weighted by Crippen LogP contribution is -2.37. The fraction of sp³-hybridized carbons (Fsp3) is 0.529. The molecule has 2 aromatic heterocycles. The van der Waals surface area contributed by atoms with E-state index in [4.69, 9.17) is 0 Å². The highest BCUT2D eigenvalue weighted by Gasteiger charge is 2.27. The van der Waals surface area contributed by atoms with Crippen LogP contribution >= 0.6 is 0 Å². The number of aryl methyl sites for hydroxylation is 1. The van der Waals surface area contributed by atoms with Crippen molar-refractivity contribution in [1.29, 1.82) is 0 Å². The molecule has 152 valence electrons. The van der Waals surface area contributed by atoms with Crippen LogP contribution in [0.1, 0.15) is 33.9 Å². The van der Waals surface area contributed by atoms with Crippen molar-refractivity contribution in [3.63, 3.8) is 0 Å². The molecule has 2 aromatic rings. The number of carbonyl (C=O) groups is 2. The average molecular weight is 408 g/mol. The van der Waals surface area contributed by atoms with Gasteiger partial charge in [0.15, 0.2) is 5.69 Å². The zero-order valence-corrected chi connectivity index (χ0v) is 16.8. The smallest absolute Gasteiger partial charge is 0.272 e. The van der Waals surface area contributed by atoms with Crippen LogP contribution in [0.25, 0.3) is 0 Å². The van der Waals surface area contributed by atoms with Crippen LogP contribution in [-0.2, 0) is 34.1 Å². The summed E-state index contributed by atoms with van der Waals surface area (Å²) in [5, 5.41) is 14.0. The molecule has 2 N–H and O–H groups in total. The maximum Gasteiger partial charge on any atom is 0.272 e. The summed E-state index contributed by atoms with van der Waals surface area (Å²) >= 11 is 0. The lowest BCUT2D eigenvalue weighted by atomic mass is 10.0. The van der Waals surface area contributed by atoms with E-state index in [-0.39, 0.29) is 24.0 Å². The van der Waals surface area contributed by atoms with Crippen molar-refractivity contribution in [1.82, 2.24) is 30.2 Å². The number of aromatic amines is 1. The lowest BCUT2D eigenvalue weighted by Gasteiger charge is -2.26. The number of amides is 2. The van der Waals surface area contributed by atoms with Gasteiger partial charge < -0.3 is 10.2 Å². The predicted octanol–water partition coefficient (Wildman–Crippen LogP) is -0.336. The van der Waals surface area contributed by atoms with Crippen LogP contribution in [0.3, 0.4) is 0 Å². The summed E-state index contributed by atoms with van der Waals surface area (Å²) in [6.45, 7) is 3.62. The van der Waals surface area contributed by atoms with Crippen LogP contribution in [0.15, 0.2) is 12.3 Å². The number of hydrogen-bond acceptors (Lipinski definition) is 6. The first kappa shape index (κ1) is 20.1. The molecule has 0 saturated carbocycles. The molecule has 3 rings (SSSR count). The predicted molar refractivity (Wildman–Crippen MR) is 101 cm³/mol. The van der Waals surface area contributed by atoms with Crippen LogP contribution in [0.5, 0.6) is 0 Å². The van der Waals surface area contributed by atoms with Crippen LogP contribution in [0.2, 0.25) is 0 Å². The Balaban J connectivity index is 1.55. The standard InChI is InChI=1S/C17H24N6O4S/c1-12-3-8-23(21-12)9-6-18-17(25)16-13-4-7-22(11-14(13)19-20-16)15(24)5-10-28(2,26)27/h3,8H,4-7,9-11H2,1-2H3,(H,18,25)(H,19,20). The molecule has 11 heteroatoms. The molecule has 0 atom stereocenters. The van der Waals surface area contributed by atoms with Crippen molar-refractivity contribution in [3.8, 4) is 0 Å². The molecule has 0 radical (unpaired) electrons. The third-order valence-corrected chi connectivity index (χ3v) is 5.53. The topological polar surface area (TPSA) is 130 Å². The van der Waals surface area contributed by atoms with Gasteiger partial charge in [0.1, 0.15) is 9.84 Å². The first-order chi connectivity index (χ1) is 13.2. The molecule has 10 nitrogen and oxygen atoms in total. The third kappa shape index (κ3) is 4.97. The van der Waals surface area contributed by atoms with Crippen LogP contribution in [0.4, 0.5) is 0 Å². The highest BCUT2D eigenvalue weighted by molar-refractivity contribution is 7.90. The van der Waals surface area contributed by atoms with Gasteiger partial charge in [-0.25, -0.2) is 8.42 Å². The van der Waals surface area contributed by atoms with Crippen molar-refractivity contribution in [2.75, 3.05) is 25.1 Å². The zero-order valence-electron chi connectivity index (χ0n) is 15.9. The molecule has 0 saturated heterocycles. The number of hydrogen-bond donors (Lipinski definition) is 2. The Morgan fingerprint density at radius 3 is 2.82 bits per heavy atom. The van der Waals surface area contributed by atoms with Gasteiger partial charge in [0.05, 0.1) is 30.2 Å². The minimum absolute atomic E-state index is 0.0391. The molecule has 0 fully saturated rings. The second-order valence-corrected chi connectivity index (χ2v) is 9.21. The minimum atomic E-state index is -3.18. The number of fused-ring (bicyclic) bond motifs is 1. The zero-order chi connectivity index (χ0) is 20.3. The number of aromatic nitrogens is 4. The molecular weight excluding hydrogens is 384 g/mol. The number of sulfone groups is 1. The largest absolute Gasteiger partial charge is 0.349 e. The van der Waals surface area contributed by atoms with Crippen molar-refractivity contribution < 1.29 is 18.0 Å². The molecule has 2 amide bonds. The highest BCUT2D eigenvalue weighted by atomic mass is 32.2. The van der Waals surface area contributed by atoms with Crippen LogP contribution < -0.4 is 5.32 Å². The molecule has 1 aliphatic heterocycles. The van der Waals surface area contributed by atoms with E-state index in [2.05, 4.69) is 20.6 Å². The van der Waals surface area contributed by atoms with Gasteiger partial charge in [-0.05, 0) is 19.4 Å². The van der Waals surface area contributed by atoms with Gasteiger partial charge in [0, 0.05) is 37.5 Å². The summed E-state index contributed by atoms with van der Waals surface area (Å²) in [5.74, 6) is -0.647. The van der Waals surface area contributed by atoms with E-state index in [9.17, 15) is 18.0 Å². The fourth-order valence-electron chi connectivity index (χ4n) is 3.10. The molecule has 0 bridgehead atoms. The number of H-pyrrole nitrogens is 1. The van der Waals surface area contributed by atoms with Gasteiger partial charge in [0.2, 0.25) is 5.91 Å².